The van der Waals surface area contributed by atoms with E-state index in [1.807, 2.05) is 36.1 Å². The number of amides is 1. The third kappa shape index (κ3) is 4.17. The molecule has 6 heteroatoms. The fourth-order valence-corrected chi connectivity index (χ4v) is 4.75. The zero-order valence-electron chi connectivity index (χ0n) is 17.6. The zero-order valence-corrected chi connectivity index (χ0v) is 17.6. The second kappa shape index (κ2) is 7.82. The molecular weight excluding hydrogens is 366 g/mol. The first-order valence-corrected chi connectivity index (χ1v) is 10.6. The average Bonchev–Trinajstić information content (AvgIpc) is 3.13. The molecule has 3 aliphatic rings. The number of para-hydroxylation sites is 2. The monoisotopic (exact) mass is 397 g/mol. The van der Waals surface area contributed by atoms with Crippen molar-refractivity contribution < 1.29 is 14.3 Å². The van der Waals surface area contributed by atoms with E-state index in [1.54, 1.807) is 0 Å². The van der Waals surface area contributed by atoms with E-state index >= 15 is 0 Å². The van der Waals surface area contributed by atoms with Gasteiger partial charge in [-0.3, -0.25) is 9.59 Å². The van der Waals surface area contributed by atoms with Gasteiger partial charge in [0, 0.05) is 30.8 Å². The lowest BCUT2D eigenvalue weighted by Crippen LogP contribution is -2.46. The van der Waals surface area contributed by atoms with E-state index in [4.69, 9.17) is 4.74 Å². The number of benzene rings is 1. The van der Waals surface area contributed by atoms with Gasteiger partial charge in [0.15, 0.2) is 5.78 Å². The summed E-state index contributed by atoms with van der Waals surface area (Å²) < 4.78 is 5.60. The molecule has 2 unspecified atom stereocenters. The lowest BCUT2D eigenvalue weighted by atomic mass is 9.74. The Balaban J connectivity index is 1.59. The first-order chi connectivity index (χ1) is 13.8. The van der Waals surface area contributed by atoms with E-state index in [1.165, 1.54) is 0 Å². The van der Waals surface area contributed by atoms with Gasteiger partial charge in [-0.2, -0.15) is 0 Å². The van der Waals surface area contributed by atoms with Gasteiger partial charge < -0.3 is 20.3 Å². The number of fused-ring (bicyclic) bond motifs is 1. The Morgan fingerprint density at radius 3 is 2.86 bits per heavy atom. The summed E-state index contributed by atoms with van der Waals surface area (Å²) >= 11 is 0. The lowest BCUT2D eigenvalue weighted by molar-refractivity contribution is -0.121. The number of rotatable bonds is 4. The van der Waals surface area contributed by atoms with Gasteiger partial charge in [-0.25, -0.2) is 0 Å². The molecule has 6 nitrogen and oxygen atoms in total. The molecule has 0 saturated carbocycles. The van der Waals surface area contributed by atoms with Crippen molar-refractivity contribution in [3.8, 4) is 0 Å². The van der Waals surface area contributed by atoms with Crippen molar-refractivity contribution in [2.75, 3.05) is 29.9 Å². The number of nitrogens with one attached hydrogen (secondary N) is 2. The van der Waals surface area contributed by atoms with Crippen LogP contribution in [0.5, 0.6) is 0 Å². The molecule has 1 aliphatic carbocycles. The summed E-state index contributed by atoms with van der Waals surface area (Å²) in [7, 11) is 0. The van der Waals surface area contributed by atoms with Gasteiger partial charge in [-0.05, 0) is 43.7 Å². The fraction of sp³-hybridized carbons (Fsp3) is 0.565. The van der Waals surface area contributed by atoms with Gasteiger partial charge in [-0.1, -0.05) is 26.0 Å². The highest BCUT2D eigenvalue weighted by Gasteiger charge is 2.39. The van der Waals surface area contributed by atoms with E-state index in [-0.39, 0.29) is 35.8 Å². The van der Waals surface area contributed by atoms with E-state index in [0.29, 0.717) is 13.0 Å². The van der Waals surface area contributed by atoms with Gasteiger partial charge >= 0.3 is 0 Å². The molecule has 1 saturated heterocycles. The number of carbonyl (C=O) groups excluding carboxylic acids is 2. The van der Waals surface area contributed by atoms with Crippen molar-refractivity contribution in [1.29, 1.82) is 0 Å². The molecule has 2 aliphatic heterocycles. The van der Waals surface area contributed by atoms with Crippen LogP contribution in [0.2, 0.25) is 0 Å². The number of hydrogen-bond donors (Lipinski definition) is 2. The number of anilines is 2. The predicted molar refractivity (Wildman–Crippen MR) is 114 cm³/mol. The number of Topliss-reactive ketones (excluding diaryl/α,β-unsaturated/α-hetero) is 1. The number of hydrogen-bond acceptors (Lipinski definition) is 5. The summed E-state index contributed by atoms with van der Waals surface area (Å²) in [6.07, 6.45) is 3.52. The number of ketones is 1. The molecule has 1 aromatic rings. The van der Waals surface area contributed by atoms with Crippen molar-refractivity contribution in [2.45, 2.75) is 58.6 Å². The van der Waals surface area contributed by atoms with Crippen LogP contribution in [0.15, 0.2) is 35.5 Å². The molecule has 1 fully saturated rings. The van der Waals surface area contributed by atoms with Crippen molar-refractivity contribution in [3.05, 3.63) is 35.5 Å². The second-order valence-corrected chi connectivity index (χ2v) is 9.22. The highest BCUT2D eigenvalue weighted by atomic mass is 16.5. The second-order valence-electron chi connectivity index (χ2n) is 9.22. The Bertz CT molecular complexity index is 840. The van der Waals surface area contributed by atoms with Crippen LogP contribution in [0, 0.1) is 5.41 Å². The SMILES string of the molecule is CC1C2=C(CC(C)(C)CC2=O)Nc2ccccc2N1CC(=O)NCC1CCCO1. The Kier molecular flexibility index (Phi) is 5.38. The standard InChI is InChI=1S/C23H31N3O3/c1-15-22-18(11-23(2,3)12-20(22)27)25-17-8-4-5-9-19(17)26(15)14-21(28)24-13-16-7-6-10-29-16/h4-5,8-9,15-16,25H,6-7,10-14H2,1-3H3,(H,24,28). The summed E-state index contributed by atoms with van der Waals surface area (Å²) in [6.45, 7) is 7.82. The summed E-state index contributed by atoms with van der Waals surface area (Å²) in [5.41, 5.74) is 3.64. The number of nitrogens with zero attached hydrogens (tertiary/aromatic N) is 1. The Labute approximate surface area is 172 Å². The van der Waals surface area contributed by atoms with Crippen LogP contribution in [-0.4, -0.2) is 43.5 Å². The van der Waals surface area contributed by atoms with Crippen LogP contribution in [-0.2, 0) is 14.3 Å². The molecule has 2 heterocycles. The van der Waals surface area contributed by atoms with E-state index in [2.05, 4.69) is 24.5 Å². The molecule has 2 atom stereocenters. The molecule has 29 heavy (non-hydrogen) atoms. The minimum absolute atomic E-state index is 0.0465. The quantitative estimate of drug-likeness (QED) is 0.816. The van der Waals surface area contributed by atoms with Crippen LogP contribution in [0.1, 0.15) is 46.5 Å². The van der Waals surface area contributed by atoms with Crippen LogP contribution in [0.4, 0.5) is 11.4 Å². The molecule has 0 aromatic heterocycles. The van der Waals surface area contributed by atoms with Gasteiger partial charge in [0.25, 0.3) is 0 Å². The smallest absolute Gasteiger partial charge is 0.239 e. The highest BCUT2D eigenvalue weighted by molar-refractivity contribution is 6.01. The third-order valence-corrected chi connectivity index (χ3v) is 6.17. The number of ether oxygens (including phenoxy) is 1. The van der Waals surface area contributed by atoms with Crippen LogP contribution in [0.3, 0.4) is 0 Å². The zero-order chi connectivity index (χ0) is 20.6. The molecular formula is C23H31N3O3. The maximum Gasteiger partial charge on any atom is 0.239 e. The minimum atomic E-state index is -0.168. The van der Waals surface area contributed by atoms with Crippen molar-refractivity contribution in [3.63, 3.8) is 0 Å². The summed E-state index contributed by atoms with van der Waals surface area (Å²) in [5, 5.41) is 6.54. The molecule has 2 N–H and O–H groups in total. The topological polar surface area (TPSA) is 70.7 Å². The third-order valence-electron chi connectivity index (χ3n) is 6.17. The van der Waals surface area contributed by atoms with E-state index < -0.39 is 0 Å². The van der Waals surface area contributed by atoms with Crippen LogP contribution >= 0.6 is 0 Å². The van der Waals surface area contributed by atoms with Crippen LogP contribution < -0.4 is 15.5 Å². The maximum absolute atomic E-state index is 13.0. The molecule has 4 rings (SSSR count). The van der Waals surface area contributed by atoms with Crippen LogP contribution in [0.25, 0.3) is 0 Å². The van der Waals surface area contributed by atoms with Gasteiger partial charge in [0.2, 0.25) is 5.91 Å². The van der Waals surface area contributed by atoms with E-state index in [9.17, 15) is 9.59 Å². The maximum atomic E-state index is 13.0. The minimum Gasteiger partial charge on any atom is -0.376 e. The molecule has 0 radical (unpaired) electrons. The Morgan fingerprint density at radius 1 is 1.31 bits per heavy atom. The first kappa shape index (κ1) is 20.0. The van der Waals surface area contributed by atoms with Crippen molar-refractivity contribution in [2.24, 2.45) is 5.41 Å². The normalized spacial score (nSPS) is 25.8. The van der Waals surface area contributed by atoms with Gasteiger partial charge in [0.05, 0.1) is 30.1 Å². The summed E-state index contributed by atoms with van der Waals surface area (Å²) in [4.78, 5) is 27.8. The predicted octanol–water partition coefficient (Wildman–Crippen LogP) is 3.25. The fourth-order valence-electron chi connectivity index (χ4n) is 4.75. The lowest BCUT2D eigenvalue weighted by Gasteiger charge is -2.36. The van der Waals surface area contributed by atoms with Crippen molar-refractivity contribution in [1.82, 2.24) is 5.32 Å². The largest absolute Gasteiger partial charge is 0.376 e. The molecule has 1 aromatic carbocycles. The molecule has 1 amide bonds. The first-order valence-electron chi connectivity index (χ1n) is 10.6. The highest BCUT2D eigenvalue weighted by Crippen LogP contribution is 2.43. The van der Waals surface area contributed by atoms with Gasteiger partial charge in [0.1, 0.15) is 0 Å². The summed E-state index contributed by atoms with van der Waals surface area (Å²) in [5.74, 6) is 0.128. The summed E-state index contributed by atoms with van der Waals surface area (Å²) in [6, 6.07) is 7.81. The molecule has 0 bridgehead atoms. The Morgan fingerprint density at radius 2 is 2.10 bits per heavy atom. The van der Waals surface area contributed by atoms with Crippen molar-refractivity contribution >= 4 is 23.1 Å². The number of carbonyl (C=O) groups is 2. The van der Waals surface area contributed by atoms with Gasteiger partial charge in [-0.15, -0.1) is 0 Å². The number of allylic oxidation sites excluding steroid dienone is 1. The van der Waals surface area contributed by atoms with E-state index in [0.717, 1.165) is 48.5 Å². The Hall–Kier alpha value is -2.34. The average molecular weight is 398 g/mol. The molecule has 0 spiro atoms. The molecule has 156 valence electrons.